The maximum absolute atomic E-state index is 6.04. The van der Waals surface area contributed by atoms with Gasteiger partial charge in [0.1, 0.15) is 0 Å². The van der Waals surface area contributed by atoms with E-state index in [0.717, 1.165) is 46.9 Å². The third-order valence-electron chi connectivity index (χ3n) is 3.75. The average molecular weight is 297 g/mol. The highest BCUT2D eigenvalue weighted by Gasteiger charge is 2.23. The summed E-state index contributed by atoms with van der Waals surface area (Å²) in [6.07, 6.45) is 4.55. The van der Waals surface area contributed by atoms with E-state index in [1.165, 1.54) is 0 Å². The summed E-state index contributed by atoms with van der Waals surface area (Å²) in [5.41, 5.74) is 8.03. The standard InChI is InChI=1S/C15H15N5S/c16-11-3-7-20(9-11)15-13-12(4-8-21-13)18-14(19-15)10-1-5-17-6-2-10/h1-2,4-6,8,11H,3,7,9,16H2/t11-/m1/s1. The summed E-state index contributed by atoms with van der Waals surface area (Å²) >= 11 is 1.69. The largest absolute Gasteiger partial charge is 0.354 e. The molecule has 21 heavy (non-hydrogen) atoms. The number of hydrogen-bond donors (Lipinski definition) is 1. The van der Waals surface area contributed by atoms with Gasteiger partial charge in [-0.05, 0) is 30.0 Å². The summed E-state index contributed by atoms with van der Waals surface area (Å²) in [5.74, 6) is 1.76. The van der Waals surface area contributed by atoms with E-state index < -0.39 is 0 Å². The lowest BCUT2D eigenvalue weighted by Gasteiger charge is -2.18. The molecule has 0 spiro atoms. The lowest BCUT2D eigenvalue weighted by atomic mass is 10.2. The van der Waals surface area contributed by atoms with Crippen LogP contribution in [0.4, 0.5) is 5.82 Å². The monoisotopic (exact) mass is 297 g/mol. The maximum Gasteiger partial charge on any atom is 0.162 e. The second kappa shape index (κ2) is 5.05. The highest BCUT2D eigenvalue weighted by atomic mass is 32.1. The Labute approximate surface area is 126 Å². The molecule has 0 amide bonds. The smallest absolute Gasteiger partial charge is 0.162 e. The molecule has 0 aromatic carbocycles. The van der Waals surface area contributed by atoms with Crippen LogP contribution in [0.5, 0.6) is 0 Å². The van der Waals surface area contributed by atoms with Gasteiger partial charge < -0.3 is 10.6 Å². The molecule has 1 aliphatic rings. The predicted molar refractivity (Wildman–Crippen MR) is 85.5 cm³/mol. The van der Waals surface area contributed by atoms with Crippen molar-refractivity contribution < 1.29 is 0 Å². The first-order valence-corrected chi connectivity index (χ1v) is 7.85. The van der Waals surface area contributed by atoms with Gasteiger partial charge in [-0.25, -0.2) is 9.97 Å². The summed E-state index contributed by atoms with van der Waals surface area (Å²) in [5, 5.41) is 2.06. The predicted octanol–water partition coefficient (Wildman–Crippen LogP) is 2.29. The van der Waals surface area contributed by atoms with Crippen molar-refractivity contribution in [1.29, 1.82) is 0 Å². The molecule has 0 saturated carbocycles. The van der Waals surface area contributed by atoms with Gasteiger partial charge in [-0.15, -0.1) is 11.3 Å². The van der Waals surface area contributed by atoms with Gasteiger partial charge in [0, 0.05) is 37.1 Å². The first kappa shape index (κ1) is 12.7. The van der Waals surface area contributed by atoms with E-state index in [-0.39, 0.29) is 6.04 Å². The van der Waals surface area contributed by atoms with Gasteiger partial charge in [-0.3, -0.25) is 4.98 Å². The molecule has 4 heterocycles. The van der Waals surface area contributed by atoms with Crippen molar-refractivity contribution in [2.24, 2.45) is 5.73 Å². The van der Waals surface area contributed by atoms with Crippen LogP contribution in [-0.4, -0.2) is 34.1 Å². The van der Waals surface area contributed by atoms with E-state index in [1.807, 2.05) is 18.2 Å². The zero-order valence-corrected chi connectivity index (χ0v) is 12.3. The Kier molecular flexibility index (Phi) is 3.05. The molecule has 1 atom stereocenters. The van der Waals surface area contributed by atoms with Crippen LogP contribution in [0.3, 0.4) is 0 Å². The van der Waals surface area contributed by atoms with E-state index in [9.17, 15) is 0 Å². The molecular weight excluding hydrogens is 282 g/mol. The maximum atomic E-state index is 6.04. The summed E-state index contributed by atoms with van der Waals surface area (Å²) < 4.78 is 1.14. The van der Waals surface area contributed by atoms with Crippen LogP contribution in [0, 0.1) is 0 Å². The topological polar surface area (TPSA) is 67.9 Å². The molecule has 0 aliphatic carbocycles. The fourth-order valence-electron chi connectivity index (χ4n) is 2.67. The van der Waals surface area contributed by atoms with Gasteiger partial charge in [0.05, 0.1) is 10.2 Å². The molecule has 106 valence electrons. The molecule has 0 radical (unpaired) electrons. The summed E-state index contributed by atoms with van der Waals surface area (Å²) in [6.45, 7) is 1.82. The number of pyridine rings is 1. The van der Waals surface area contributed by atoms with Gasteiger partial charge >= 0.3 is 0 Å². The lowest BCUT2D eigenvalue weighted by molar-refractivity contribution is 0.751. The number of rotatable bonds is 2. The Bertz CT molecular complexity index is 770. The number of thiophene rings is 1. The highest BCUT2D eigenvalue weighted by Crippen LogP contribution is 2.32. The minimum absolute atomic E-state index is 0.236. The van der Waals surface area contributed by atoms with Crippen molar-refractivity contribution in [2.45, 2.75) is 12.5 Å². The molecule has 1 saturated heterocycles. The van der Waals surface area contributed by atoms with E-state index in [4.69, 9.17) is 10.7 Å². The van der Waals surface area contributed by atoms with Gasteiger partial charge in [-0.2, -0.15) is 0 Å². The third kappa shape index (κ3) is 2.26. The highest BCUT2D eigenvalue weighted by molar-refractivity contribution is 7.17. The first-order chi connectivity index (χ1) is 10.3. The van der Waals surface area contributed by atoms with Crippen LogP contribution in [0.2, 0.25) is 0 Å². The van der Waals surface area contributed by atoms with Crippen LogP contribution in [0.1, 0.15) is 6.42 Å². The van der Waals surface area contributed by atoms with Gasteiger partial charge in [0.2, 0.25) is 0 Å². The molecule has 3 aromatic rings. The Morgan fingerprint density at radius 2 is 2.05 bits per heavy atom. The minimum Gasteiger partial charge on any atom is -0.354 e. The molecular formula is C15H15N5S. The Hall–Kier alpha value is -2.05. The van der Waals surface area contributed by atoms with Gasteiger partial charge in [0.15, 0.2) is 11.6 Å². The van der Waals surface area contributed by atoms with E-state index in [2.05, 4.69) is 20.2 Å². The van der Waals surface area contributed by atoms with Crippen LogP contribution in [0.25, 0.3) is 21.6 Å². The van der Waals surface area contributed by atoms with E-state index in [1.54, 1.807) is 23.7 Å². The first-order valence-electron chi connectivity index (χ1n) is 6.97. The van der Waals surface area contributed by atoms with Crippen LogP contribution in [-0.2, 0) is 0 Å². The number of anilines is 1. The van der Waals surface area contributed by atoms with Gasteiger partial charge in [0.25, 0.3) is 0 Å². The molecule has 0 unspecified atom stereocenters. The van der Waals surface area contributed by atoms with E-state index >= 15 is 0 Å². The molecule has 2 N–H and O–H groups in total. The van der Waals surface area contributed by atoms with Crippen molar-refractivity contribution in [3.8, 4) is 11.4 Å². The fourth-order valence-corrected chi connectivity index (χ4v) is 3.52. The molecule has 5 nitrogen and oxygen atoms in total. The lowest BCUT2D eigenvalue weighted by Crippen LogP contribution is -2.27. The zero-order chi connectivity index (χ0) is 14.2. The Balaban J connectivity index is 1.87. The molecule has 1 aliphatic heterocycles. The average Bonchev–Trinajstić information content (AvgIpc) is 3.15. The van der Waals surface area contributed by atoms with E-state index in [0.29, 0.717) is 0 Å². The quantitative estimate of drug-likeness (QED) is 0.786. The normalized spacial score (nSPS) is 18.5. The molecule has 0 bridgehead atoms. The second-order valence-corrected chi connectivity index (χ2v) is 6.15. The van der Waals surface area contributed by atoms with Crippen LogP contribution >= 0.6 is 11.3 Å². The van der Waals surface area contributed by atoms with Crippen molar-refractivity contribution in [1.82, 2.24) is 15.0 Å². The number of nitrogens with zero attached hydrogens (tertiary/aromatic N) is 4. The third-order valence-corrected chi connectivity index (χ3v) is 4.65. The van der Waals surface area contributed by atoms with Crippen LogP contribution < -0.4 is 10.6 Å². The van der Waals surface area contributed by atoms with Crippen molar-refractivity contribution in [3.05, 3.63) is 36.0 Å². The molecule has 6 heteroatoms. The number of hydrogen-bond acceptors (Lipinski definition) is 6. The van der Waals surface area contributed by atoms with Crippen molar-refractivity contribution >= 4 is 27.4 Å². The van der Waals surface area contributed by atoms with Crippen molar-refractivity contribution in [3.63, 3.8) is 0 Å². The Morgan fingerprint density at radius 3 is 2.81 bits per heavy atom. The molecule has 4 rings (SSSR count). The number of nitrogens with two attached hydrogens (primary N) is 1. The molecule has 1 fully saturated rings. The summed E-state index contributed by atoms with van der Waals surface area (Å²) in [6, 6.07) is 6.16. The summed E-state index contributed by atoms with van der Waals surface area (Å²) in [4.78, 5) is 15.8. The Morgan fingerprint density at radius 1 is 1.19 bits per heavy atom. The van der Waals surface area contributed by atoms with Crippen molar-refractivity contribution in [2.75, 3.05) is 18.0 Å². The summed E-state index contributed by atoms with van der Waals surface area (Å²) in [7, 11) is 0. The second-order valence-electron chi connectivity index (χ2n) is 5.24. The number of fused-ring (bicyclic) bond motifs is 1. The SMILES string of the molecule is N[C@@H]1CCN(c2nc(-c3ccncc3)nc3ccsc23)C1. The fraction of sp³-hybridized carbons (Fsp3) is 0.267. The minimum atomic E-state index is 0.236. The van der Waals surface area contributed by atoms with Gasteiger partial charge in [-0.1, -0.05) is 0 Å². The number of aromatic nitrogens is 3. The molecule has 3 aromatic heterocycles. The zero-order valence-electron chi connectivity index (χ0n) is 11.4. The van der Waals surface area contributed by atoms with Crippen LogP contribution in [0.15, 0.2) is 36.0 Å².